The summed E-state index contributed by atoms with van der Waals surface area (Å²) in [5, 5.41) is 20.2. The Morgan fingerprint density at radius 3 is 2.62 bits per heavy atom. The van der Waals surface area contributed by atoms with E-state index in [4.69, 9.17) is 0 Å². The fraction of sp³-hybridized carbons (Fsp3) is 0.538. The summed E-state index contributed by atoms with van der Waals surface area (Å²) in [5.74, 6) is -0.555. The fourth-order valence-corrected chi connectivity index (χ4v) is 4.08. The van der Waals surface area contributed by atoms with E-state index < -0.39 is 26.4 Å². The number of phenols is 1. The molecular formula is C13H18N2O5S. The smallest absolute Gasteiger partial charge is 0.312 e. The third kappa shape index (κ3) is 3.16. The number of rotatable bonds is 4. The Kier molecular flexibility index (Phi) is 3.94. The molecule has 1 fully saturated rings. The van der Waals surface area contributed by atoms with Crippen LogP contribution in [0.2, 0.25) is 0 Å². The second-order valence-electron chi connectivity index (χ2n) is 5.96. The summed E-state index contributed by atoms with van der Waals surface area (Å²) >= 11 is 0. The number of benzene rings is 1. The molecule has 1 saturated carbocycles. The quantitative estimate of drug-likeness (QED) is 0.653. The molecule has 8 heteroatoms. The summed E-state index contributed by atoms with van der Waals surface area (Å²) in [5.41, 5.74) is -0.765. The van der Waals surface area contributed by atoms with Gasteiger partial charge in [0.1, 0.15) is 0 Å². The molecular weight excluding hydrogens is 296 g/mol. The zero-order chi connectivity index (χ0) is 15.8. The highest BCUT2D eigenvalue weighted by Gasteiger charge is 2.37. The molecule has 21 heavy (non-hydrogen) atoms. The topological polar surface area (TPSA) is 110 Å². The molecule has 1 unspecified atom stereocenters. The maximum Gasteiger partial charge on any atom is 0.312 e. The van der Waals surface area contributed by atoms with Crippen molar-refractivity contribution in [2.75, 3.05) is 0 Å². The summed E-state index contributed by atoms with van der Waals surface area (Å²) in [7, 11) is -3.85. The summed E-state index contributed by atoms with van der Waals surface area (Å²) in [4.78, 5) is 9.75. The van der Waals surface area contributed by atoms with Crippen molar-refractivity contribution in [1.82, 2.24) is 4.72 Å². The van der Waals surface area contributed by atoms with Crippen LogP contribution in [-0.4, -0.2) is 24.5 Å². The first-order valence-corrected chi connectivity index (χ1v) is 8.11. The third-order valence-corrected chi connectivity index (χ3v) is 5.48. The van der Waals surface area contributed by atoms with E-state index in [0.717, 1.165) is 37.5 Å². The molecule has 0 bridgehead atoms. The van der Waals surface area contributed by atoms with Gasteiger partial charge in [-0.05, 0) is 30.4 Å². The van der Waals surface area contributed by atoms with Gasteiger partial charge in [0.2, 0.25) is 10.0 Å². The predicted octanol–water partition coefficient (Wildman–Crippen LogP) is 2.16. The molecule has 2 N–H and O–H groups in total. The van der Waals surface area contributed by atoms with Crippen molar-refractivity contribution in [2.24, 2.45) is 5.41 Å². The van der Waals surface area contributed by atoms with E-state index in [0.29, 0.717) is 0 Å². The van der Waals surface area contributed by atoms with Crippen molar-refractivity contribution in [2.45, 2.75) is 44.0 Å². The predicted molar refractivity (Wildman–Crippen MR) is 76.5 cm³/mol. The number of phenolic OH excluding ortho intramolecular Hbond substituents is 1. The van der Waals surface area contributed by atoms with Crippen molar-refractivity contribution in [1.29, 1.82) is 0 Å². The maximum atomic E-state index is 12.3. The van der Waals surface area contributed by atoms with Crippen molar-refractivity contribution in [3.05, 3.63) is 28.3 Å². The minimum atomic E-state index is -3.85. The Hall–Kier alpha value is -1.67. The van der Waals surface area contributed by atoms with Gasteiger partial charge < -0.3 is 5.11 Å². The van der Waals surface area contributed by atoms with Crippen LogP contribution in [0, 0.1) is 15.5 Å². The van der Waals surface area contributed by atoms with Gasteiger partial charge in [-0.2, -0.15) is 0 Å². The SMILES string of the molecule is CC1(C)CCCC1NS(=O)(=O)c1ccc(O)c([N+](=O)[O-])c1. The van der Waals surface area contributed by atoms with E-state index in [1.54, 1.807) is 0 Å². The lowest BCUT2D eigenvalue weighted by molar-refractivity contribution is -0.386. The van der Waals surface area contributed by atoms with Crippen molar-refractivity contribution in [3.8, 4) is 5.75 Å². The highest BCUT2D eigenvalue weighted by molar-refractivity contribution is 7.89. The zero-order valence-electron chi connectivity index (χ0n) is 11.9. The molecule has 7 nitrogen and oxygen atoms in total. The molecule has 0 radical (unpaired) electrons. The largest absolute Gasteiger partial charge is 0.502 e. The Morgan fingerprint density at radius 2 is 2.10 bits per heavy atom. The third-order valence-electron chi connectivity index (χ3n) is 4.01. The van der Waals surface area contributed by atoms with Crippen LogP contribution in [0.4, 0.5) is 5.69 Å². The van der Waals surface area contributed by atoms with Crippen molar-refractivity contribution in [3.63, 3.8) is 0 Å². The van der Waals surface area contributed by atoms with E-state index in [2.05, 4.69) is 4.72 Å². The molecule has 0 heterocycles. The minimum absolute atomic E-state index is 0.143. The van der Waals surface area contributed by atoms with E-state index >= 15 is 0 Å². The molecule has 0 saturated heterocycles. The molecule has 2 rings (SSSR count). The van der Waals surface area contributed by atoms with Gasteiger partial charge in [-0.3, -0.25) is 10.1 Å². The van der Waals surface area contributed by atoms with Gasteiger partial charge in [0.15, 0.2) is 5.75 Å². The maximum absolute atomic E-state index is 12.3. The Bertz CT molecular complexity index is 669. The second kappa shape index (κ2) is 5.27. The molecule has 1 atom stereocenters. The number of nitrogens with one attached hydrogen (secondary N) is 1. The summed E-state index contributed by atoms with van der Waals surface area (Å²) in [6.07, 6.45) is 2.61. The van der Waals surface area contributed by atoms with Crippen LogP contribution in [0.1, 0.15) is 33.1 Å². The lowest BCUT2D eigenvalue weighted by Crippen LogP contribution is -2.41. The number of nitro groups is 1. The van der Waals surface area contributed by atoms with Gasteiger partial charge in [0, 0.05) is 12.1 Å². The lowest BCUT2D eigenvalue weighted by atomic mass is 9.88. The highest BCUT2D eigenvalue weighted by atomic mass is 32.2. The standard InChI is InChI=1S/C13H18N2O5S/c1-13(2)7-3-4-12(13)14-21(19,20)9-5-6-11(16)10(8-9)15(17)18/h5-6,8,12,14,16H,3-4,7H2,1-2H3. The fourth-order valence-electron chi connectivity index (χ4n) is 2.62. The van der Waals surface area contributed by atoms with Crippen LogP contribution in [0.3, 0.4) is 0 Å². The van der Waals surface area contributed by atoms with Gasteiger partial charge in [0.25, 0.3) is 0 Å². The molecule has 1 aliphatic rings. The highest BCUT2D eigenvalue weighted by Crippen LogP contribution is 2.38. The average molecular weight is 314 g/mol. The molecule has 1 aromatic carbocycles. The van der Waals surface area contributed by atoms with Crippen LogP contribution >= 0.6 is 0 Å². The lowest BCUT2D eigenvalue weighted by Gasteiger charge is -2.27. The van der Waals surface area contributed by atoms with Gasteiger partial charge >= 0.3 is 5.69 Å². The van der Waals surface area contributed by atoms with E-state index in [-0.39, 0.29) is 16.4 Å². The first-order valence-electron chi connectivity index (χ1n) is 6.63. The second-order valence-corrected chi connectivity index (χ2v) is 7.68. The zero-order valence-corrected chi connectivity index (χ0v) is 12.7. The number of nitrogens with zero attached hydrogens (tertiary/aromatic N) is 1. The van der Waals surface area contributed by atoms with Crippen molar-refractivity contribution >= 4 is 15.7 Å². The Balaban J connectivity index is 2.32. The average Bonchev–Trinajstić information content (AvgIpc) is 2.68. The molecule has 1 aromatic rings. The molecule has 0 aromatic heterocycles. The monoisotopic (exact) mass is 314 g/mol. The van der Waals surface area contributed by atoms with Crippen LogP contribution in [-0.2, 0) is 10.0 Å². The Morgan fingerprint density at radius 1 is 1.43 bits per heavy atom. The van der Waals surface area contributed by atoms with Crippen molar-refractivity contribution < 1.29 is 18.4 Å². The number of sulfonamides is 1. The van der Waals surface area contributed by atoms with Gasteiger partial charge in [-0.25, -0.2) is 13.1 Å². The number of nitro benzene ring substituents is 1. The van der Waals surface area contributed by atoms with Gasteiger partial charge in [-0.1, -0.05) is 20.3 Å². The van der Waals surface area contributed by atoms with E-state index in [9.17, 15) is 23.6 Å². The summed E-state index contributed by atoms with van der Waals surface area (Å²) in [6.45, 7) is 3.99. The minimum Gasteiger partial charge on any atom is -0.502 e. The number of hydrogen-bond acceptors (Lipinski definition) is 5. The molecule has 0 aliphatic heterocycles. The van der Waals surface area contributed by atoms with E-state index in [1.165, 1.54) is 0 Å². The van der Waals surface area contributed by atoms with Crippen LogP contribution in [0.25, 0.3) is 0 Å². The normalized spacial score (nSPS) is 21.3. The summed E-state index contributed by atoms with van der Waals surface area (Å²) in [6, 6.07) is 2.86. The first-order chi connectivity index (χ1) is 9.63. The van der Waals surface area contributed by atoms with Crippen LogP contribution < -0.4 is 4.72 Å². The van der Waals surface area contributed by atoms with Crippen LogP contribution in [0.15, 0.2) is 23.1 Å². The molecule has 0 spiro atoms. The molecule has 1 aliphatic carbocycles. The molecule has 116 valence electrons. The van der Waals surface area contributed by atoms with Gasteiger partial charge in [-0.15, -0.1) is 0 Å². The first kappa shape index (κ1) is 15.7. The summed E-state index contributed by atoms with van der Waals surface area (Å²) < 4.78 is 27.3. The van der Waals surface area contributed by atoms with Crippen LogP contribution in [0.5, 0.6) is 5.75 Å². The number of hydrogen-bond donors (Lipinski definition) is 2. The number of aromatic hydroxyl groups is 1. The Labute approximate surface area is 123 Å². The van der Waals surface area contributed by atoms with Gasteiger partial charge in [0.05, 0.1) is 9.82 Å². The molecule has 0 amide bonds. The van der Waals surface area contributed by atoms with E-state index in [1.807, 2.05) is 13.8 Å².